The van der Waals surface area contributed by atoms with Gasteiger partial charge in [0.2, 0.25) is 0 Å². The molecule has 15 heavy (non-hydrogen) atoms. The van der Waals surface area contributed by atoms with Gasteiger partial charge >= 0.3 is 0 Å². The number of aryl methyl sites for hydroxylation is 1. The molecule has 0 aromatic carbocycles. The second-order valence-electron chi connectivity index (χ2n) is 4.22. The summed E-state index contributed by atoms with van der Waals surface area (Å²) in [4.78, 5) is 2.20. The van der Waals surface area contributed by atoms with Crippen molar-refractivity contribution in [2.75, 3.05) is 20.6 Å². The van der Waals surface area contributed by atoms with Gasteiger partial charge in [-0.1, -0.05) is 5.21 Å². The van der Waals surface area contributed by atoms with Gasteiger partial charge < -0.3 is 10.2 Å². The van der Waals surface area contributed by atoms with Crippen molar-refractivity contribution in [2.24, 2.45) is 7.05 Å². The molecule has 1 aromatic heterocycles. The minimum atomic E-state index is 0.516. The number of aromatic nitrogens is 3. The Morgan fingerprint density at radius 2 is 2.27 bits per heavy atom. The minimum absolute atomic E-state index is 0.516. The highest BCUT2D eigenvalue weighted by molar-refractivity contribution is 4.92. The van der Waals surface area contributed by atoms with Gasteiger partial charge in [-0.25, -0.2) is 0 Å². The molecule has 0 aliphatic rings. The van der Waals surface area contributed by atoms with E-state index in [1.807, 2.05) is 7.05 Å². The van der Waals surface area contributed by atoms with Crippen molar-refractivity contribution >= 4 is 0 Å². The van der Waals surface area contributed by atoms with Crippen LogP contribution in [0.4, 0.5) is 0 Å². The van der Waals surface area contributed by atoms with Gasteiger partial charge in [0.15, 0.2) is 0 Å². The smallest absolute Gasteiger partial charge is 0.0738 e. The molecule has 0 fully saturated rings. The second-order valence-corrected chi connectivity index (χ2v) is 4.22. The molecule has 0 saturated heterocycles. The van der Waals surface area contributed by atoms with Gasteiger partial charge in [0.25, 0.3) is 0 Å². The van der Waals surface area contributed by atoms with Gasteiger partial charge in [-0.3, -0.25) is 4.68 Å². The van der Waals surface area contributed by atoms with Crippen LogP contribution >= 0.6 is 0 Å². The lowest BCUT2D eigenvalue weighted by molar-refractivity contribution is 0.364. The van der Waals surface area contributed by atoms with Crippen LogP contribution in [-0.4, -0.2) is 46.6 Å². The molecule has 5 heteroatoms. The summed E-state index contributed by atoms with van der Waals surface area (Å²) < 4.78 is 1.80. The number of rotatable bonds is 6. The summed E-state index contributed by atoms with van der Waals surface area (Å²) in [5, 5.41) is 11.2. The van der Waals surface area contributed by atoms with Crippen molar-refractivity contribution in [3.05, 3.63) is 11.9 Å². The summed E-state index contributed by atoms with van der Waals surface area (Å²) in [5.74, 6) is 0. The number of hydrogen-bond acceptors (Lipinski definition) is 4. The fourth-order valence-corrected chi connectivity index (χ4v) is 1.30. The first-order valence-corrected chi connectivity index (χ1v) is 5.31. The van der Waals surface area contributed by atoms with E-state index in [9.17, 15) is 0 Å². The normalized spacial score (nSPS) is 13.4. The Morgan fingerprint density at radius 1 is 1.53 bits per heavy atom. The maximum Gasteiger partial charge on any atom is 0.0738 e. The molecule has 1 aromatic rings. The van der Waals surface area contributed by atoms with Crippen LogP contribution in [0.2, 0.25) is 0 Å². The molecule has 86 valence electrons. The van der Waals surface area contributed by atoms with Crippen LogP contribution in [0, 0.1) is 0 Å². The van der Waals surface area contributed by atoms with Crippen LogP contribution in [0.3, 0.4) is 0 Å². The lowest BCUT2D eigenvalue weighted by Crippen LogP contribution is -2.30. The molecule has 5 nitrogen and oxygen atoms in total. The molecular formula is C10H21N5. The largest absolute Gasteiger partial charge is 0.309 e. The van der Waals surface area contributed by atoms with Crippen molar-refractivity contribution in [2.45, 2.75) is 25.9 Å². The summed E-state index contributed by atoms with van der Waals surface area (Å²) in [6, 6.07) is 0.516. The van der Waals surface area contributed by atoms with Crippen LogP contribution in [0.1, 0.15) is 19.0 Å². The lowest BCUT2D eigenvalue weighted by Gasteiger charge is -2.16. The predicted octanol–water partition coefficient (Wildman–Crippen LogP) is 0.245. The maximum absolute atomic E-state index is 3.89. The molecule has 1 atom stereocenters. The zero-order valence-electron chi connectivity index (χ0n) is 10.1. The molecule has 0 aliphatic carbocycles. The number of nitrogens with one attached hydrogen (secondary N) is 1. The van der Waals surface area contributed by atoms with Crippen molar-refractivity contribution in [3.8, 4) is 0 Å². The van der Waals surface area contributed by atoms with Gasteiger partial charge in [0.05, 0.1) is 11.9 Å². The SMILES string of the molecule is CC(CCN(C)C)NCc1cnnn1C. The molecule has 1 rings (SSSR count). The van der Waals surface area contributed by atoms with Crippen LogP contribution < -0.4 is 5.32 Å². The average molecular weight is 211 g/mol. The summed E-state index contributed by atoms with van der Waals surface area (Å²) >= 11 is 0. The zero-order chi connectivity index (χ0) is 11.3. The summed E-state index contributed by atoms with van der Waals surface area (Å²) in [6.07, 6.45) is 2.95. The Morgan fingerprint density at radius 3 is 2.80 bits per heavy atom. The fraction of sp³-hybridized carbons (Fsp3) is 0.800. The van der Waals surface area contributed by atoms with Crippen molar-refractivity contribution in [3.63, 3.8) is 0 Å². The first-order chi connectivity index (χ1) is 7.09. The molecule has 0 bridgehead atoms. The summed E-state index contributed by atoms with van der Waals surface area (Å²) in [6.45, 7) is 4.14. The fourth-order valence-electron chi connectivity index (χ4n) is 1.30. The van der Waals surface area contributed by atoms with Crippen LogP contribution in [0.5, 0.6) is 0 Å². The topological polar surface area (TPSA) is 46.0 Å². The molecule has 1 unspecified atom stereocenters. The monoisotopic (exact) mass is 211 g/mol. The van der Waals surface area contributed by atoms with E-state index in [-0.39, 0.29) is 0 Å². The van der Waals surface area contributed by atoms with E-state index in [0.29, 0.717) is 6.04 Å². The van der Waals surface area contributed by atoms with Gasteiger partial charge in [-0.2, -0.15) is 0 Å². The van der Waals surface area contributed by atoms with Crippen molar-refractivity contribution in [1.29, 1.82) is 0 Å². The lowest BCUT2D eigenvalue weighted by atomic mass is 10.2. The minimum Gasteiger partial charge on any atom is -0.309 e. The third-order valence-electron chi connectivity index (χ3n) is 2.45. The highest BCUT2D eigenvalue weighted by Gasteiger charge is 2.04. The maximum atomic E-state index is 3.89. The van der Waals surface area contributed by atoms with Crippen LogP contribution in [0.15, 0.2) is 6.20 Å². The standard InChI is InChI=1S/C10H21N5/c1-9(5-6-14(2)3)11-7-10-8-12-13-15(10)4/h8-9,11H,5-7H2,1-4H3. The molecular weight excluding hydrogens is 190 g/mol. The summed E-state index contributed by atoms with van der Waals surface area (Å²) in [7, 11) is 6.10. The molecule has 0 saturated carbocycles. The molecule has 0 aliphatic heterocycles. The first kappa shape index (κ1) is 12.1. The van der Waals surface area contributed by atoms with Gasteiger partial charge in [0.1, 0.15) is 0 Å². The Balaban J connectivity index is 2.22. The molecule has 0 spiro atoms. The van der Waals surface area contributed by atoms with Crippen molar-refractivity contribution in [1.82, 2.24) is 25.2 Å². The van der Waals surface area contributed by atoms with Gasteiger partial charge in [-0.15, -0.1) is 5.10 Å². The third-order valence-corrected chi connectivity index (χ3v) is 2.45. The molecule has 0 amide bonds. The van der Waals surface area contributed by atoms with E-state index in [1.54, 1.807) is 10.9 Å². The van der Waals surface area contributed by atoms with E-state index < -0.39 is 0 Å². The van der Waals surface area contributed by atoms with E-state index >= 15 is 0 Å². The van der Waals surface area contributed by atoms with Crippen LogP contribution in [-0.2, 0) is 13.6 Å². The zero-order valence-corrected chi connectivity index (χ0v) is 10.1. The third kappa shape index (κ3) is 4.40. The van der Waals surface area contributed by atoms with Gasteiger partial charge in [0, 0.05) is 19.6 Å². The molecule has 0 radical (unpaired) electrons. The van der Waals surface area contributed by atoms with Gasteiger partial charge in [-0.05, 0) is 34.0 Å². The van der Waals surface area contributed by atoms with Crippen LogP contribution in [0.25, 0.3) is 0 Å². The van der Waals surface area contributed by atoms with Crippen molar-refractivity contribution < 1.29 is 0 Å². The average Bonchev–Trinajstić information content (AvgIpc) is 2.58. The van der Waals surface area contributed by atoms with E-state index in [0.717, 1.165) is 25.2 Å². The highest BCUT2D eigenvalue weighted by Crippen LogP contribution is 1.97. The Bertz CT molecular complexity index is 281. The second kappa shape index (κ2) is 5.82. The first-order valence-electron chi connectivity index (χ1n) is 5.31. The van der Waals surface area contributed by atoms with E-state index in [4.69, 9.17) is 0 Å². The Labute approximate surface area is 91.5 Å². The number of hydrogen-bond donors (Lipinski definition) is 1. The van der Waals surface area contributed by atoms with E-state index in [2.05, 4.69) is 41.5 Å². The van der Waals surface area contributed by atoms with E-state index in [1.165, 1.54) is 0 Å². The Kier molecular flexibility index (Phi) is 4.71. The molecule has 1 heterocycles. The predicted molar refractivity (Wildman–Crippen MR) is 60.5 cm³/mol. The highest BCUT2D eigenvalue weighted by atomic mass is 15.4. The number of nitrogens with zero attached hydrogens (tertiary/aromatic N) is 4. The Hall–Kier alpha value is -0.940. The molecule has 1 N–H and O–H groups in total. The quantitative estimate of drug-likeness (QED) is 0.732. The summed E-state index contributed by atoms with van der Waals surface area (Å²) in [5.41, 5.74) is 1.12.